The lowest BCUT2D eigenvalue weighted by molar-refractivity contribution is 0.289. The molecule has 0 saturated heterocycles. The van der Waals surface area contributed by atoms with Crippen molar-refractivity contribution in [3.63, 3.8) is 0 Å². The number of nitrogens with zero attached hydrogens (tertiary/aromatic N) is 4. The minimum atomic E-state index is -0.232. The highest BCUT2D eigenvalue weighted by Crippen LogP contribution is 2.25. The molecule has 0 fully saturated rings. The Hall–Kier alpha value is -3.32. The van der Waals surface area contributed by atoms with Crippen molar-refractivity contribution in [3.8, 4) is 22.8 Å². The van der Waals surface area contributed by atoms with Crippen LogP contribution in [0.4, 0.5) is 0 Å². The molecule has 4 rings (SSSR count). The van der Waals surface area contributed by atoms with Crippen molar-refractivity contribution < 1.29 is 4.74 Å². The van der Waals surface area contributed by atoms with Crippen LogP contribution in [0.1, 0.15) is 42.5 Å². The third-order valence-corrected chi connectivity index (χ3v) is 5.89. The summed E-state index contributed by atoms with van der Waals surface area (Å²) in [7, 11) is 0. The van der Waals surface area contributed by atoms with E-state index in [2.05, 4.69) is 44.7 Å². The molecule has 0 saturated carbocycles. The maximum absolute atomic E-state index is 13.2. The zero-order valence-electron chi connectivity index (χ0n) is 19.0. The highest BCUT2D eigenvalue weighted by molar-refractivity contribution is 9.10. The molecule has 0 unspecified atom stereocenters. The molecule has 0 amide bonds. The van der Waals surface area contributed by atoms with E-state index >= 15 is 0 Å². The Balaban J connectivity index is 1.67. The summed E-state index contributed by atoms with van der Waals surface area (Å²) in [6.45, 7) is 8.27. The van der Waals surface area contributed by atoms with Gasteiger partial charge in [0.2, 0.25) is 5.88 Å². The van der Waals surface area contributed by atoms with Gasteiger partial charge in [-0.15, -0.1) is 0 Å². The predicted molar refractivity (Wildman–Crippen MR) is 133 cm³/mol. The van der Waals surface area contributed by atoms with Crippen LogP contribution in [0, 0.1) is 13.8 Å². The second kappa shape index (κ2) is 9.67. The van der Waals surface area contributed by atoms with Crippen LogP contribution in [0.2, 0.25) is 0 Å². The summed E-state index contributed by atoms with van der Waals surface area (Å²) in [6.07, 6.45) is 1.76. The van der Waals surface area contributed by atoms with Crippen LogP contribution in [0.5, 0.6) is 5.88 Å². The van der Waals surface area contributed by atoms with E-state index in [1.165, 1.54) is 0 Å². The van der Waals surface area contributed by atoms with Gasteiger partial charge in [-0.2, -0.15) is 4.98 Å². The zero-order valence-corrected chi connectivity index (χ0v) is 20.6. The molecule has 6 nitrogen and oxygen atoms in total. The van der Waals surface area contributed by atoms with Gasteiger partial charge in [-0.05, 0) is 53.5 Å². The lowest BCUT2D eigenvalue weighted by Gasteiger charge is -2.14. The van der Waals surface area contributed by atoms with Crippen molar-refractivity contribution in [2.75, 3.05) is 0 Å². The molecule has 0 radical (unpaired) electrons. The van der Waals surface area contributed by atoms with Gasteiger partial charge in [0.25, 0.3) is 5.56 Å². The van der Waals surface area contributed by atoms with E-state index in [-0.39, 0.29) is 21.8 Å². The van der Waals surface area contributed by atoms with Crippen LogP contribution in [0.3, 0.4) is 0 Å². The molecule has 33 heavy (non-hydrogen) atoms. The van der Waals surface area contributed by atoms with Gasteiger partial charge in [-0.1, -0.05) is 55.8 Å². The average Bonchev–Trinajstić information content (AvgIpc) is 2.81. The van der Waals surface area contributed by atoms with Gasteiger partial charge in [0, 0.05) is 17.7 Å². The normalized spacial score (nSPS) is 11.1. The standard InChI is InChI=1S/C26H25BrN4O2/c1-16(2)24-28-12-11-22(30-24)20-9-6-10-21(14-20)31-18(4)29-25(23(27)26(31)32)33-15-19-8-5-7-17(3)13-19/h5-14,16H,15H2,1-4H3. The van der Waals surface area contributed by atoms with Crippen molar-refractivity contribution >= 4 is 15.9 Å². The summed E-state index contributed by atoms with van der Waals surface area (Å²) in [5, 5.41) is 0. The van der Waals surface area contributed by atoms with Gasteiger partial charge in [0.05, 0.1) is 11.4 Å². The molecule has 0 aliphatic rings. The Kier molecular flexibility index (Phi) is 6.70. The van der Waals surface area contributed by atoms with Crippen molar-refractivity contribution in [1.29, 1.82) is 0 Å². The lowest BCUT2D eigenvalue weighted by Crippen LogP contribution is -2.23. The molecule has 0 aliphatic carbocycles. The molecular weight excluding hydrogens is 480 g/mol. The summed E-state index contributed by atoms with van der Waals surface area (Å²) in [6, 6.07) is 17.6. The highest BCUT2D eigenvalue weighted by atomic mass is 79.9. The number of rotatable bonds is 6. The van der Waals surface area contributed by atoms with E-state index in [1.807, 2.05) is 61.5 Å². The van der Waals surface area contributed by atoms with Crippen molar-refractivity contribution in [2.45, 2.75) is 40.2 Å². The molecule has 0 N–H and O–H groups in total. The summed E-state index contributed by atoms with van der Waals surface area (Å²) in [5.74, 6) is 1.82. The summed E-state index contributed by atoms with van der Waals surface area (Å²) < 4.78 is 7.73. The molecule has 0 bridgehead atoms. The van der Waals surface area contributed by atoms with E-state index in [0.717, 1.165) is 28.2 Å². The number of aryl methyl sites for hydroxylation is 2. The smallest absolute Gasteiger partial charge is 0.276 e. The van der Waals surface area contributed by atoms with Crippen LogP contribution in [-0.4, -0.2) is 19.5 Å². The molecule has 2 aromatic heterocycles. The third kappa shape index (κ3) is 5.03. The van der Waals surface area contributed by atoms with E-state index in [1.54, 1.807) is 17.7 Å². The van der Waals surface area contributed by atoms with E-state index in [4.69, 9.17) is 4.74 Å². The van der Waals surface area contributed by atoms with E-state index < -0.39 is 0 Å². The van der Waals surface area contributed by atoms with Gasteiger partial charge in [-0.25, -0.2) is 9.97 Å². The number of benzene rings is 2. The van der Waals surface area contributed by atoms with Crippen molar-refractivity contribution in [2.24, 2.45) is 0 Å². The first-order chi connectivity index (χ1) is 15.8. The first-order valence-corrected chi connectivity index (χ1v) is 11.5. The summed E-state index contributed by atoms with van der Waals surface area (Å²) in [5.41, 5.74) is 4.36. The molecular formula is C26H25BrN4O2. The first-order valence-electron chi connectivity index (χ1n) is 10.7. The van der Waals surface area contributed by atoms with Crippen LogP contribution in [0.15, 0.2) is 70.1 Å². The van der Waals surface area contributed by atoms with Gasteiger partial charge < -0.3 is 4.74 Å². The molecule has 0 atom stereocenters. The topological polar surface area (TPSA) is 69.9 Å². The zero-order chi connectivity index (χ0) is 23.5. The van der Waals surface area contributed by atoms with Crippen LogP contribution < -0.4 is 10.3 Å². The molecule has 2 heterocycles. The maximum Gasteiger partial charge on any atom is 0.276 e. The Labute approximate surface area is 201 Å². The molecule has 168 valence electrons. The van der Waals surface area contributed by atoms with Crippen LogP contribution >= 0.6 is 15.9 Å². The Morgan fingerprint density at radius 3 is 2.58 bits per heavy atom. The number of hydrogen-bond acceptors (Lipinski definition) is 5. The fraction of sp³-hybridized carbons (Fsp3) is 0.231. The van der Waals surface area contributed by atoms with E-state index in [0.29, 0.717) is 18.1 Å². The Bertz CT molecular complexity index is 1360. The second-order valence-corrected chi connectivity index (χ2v) is 8.99. The quantitative estimate of drug-likeness (QED) is 0.333. The predicted octanol–water partition coefficient (Wildman–Crippen LogP) is 5.77. The molecule has 7 heteroatoms. The summed E-state index contributed by atoms with van der Waals surface area (Å²) >= 11 is 3.40. The largest absolute Gasteiger partial charge is 0.472 e. The molecule has 2 aromatic carbocycles. The second-order valence-electron chi connectivity index (χ2n) is 8.20. The minimum Gasteiger partial charge on any atom is -0.472 e. The minimum absolute atomic E-state index is 0.227. The SMILES string of the molecule is Cc1cccc(COc2nc(C)n(-c3cccc(-c4ccnc(C(C)C)n4)c3)c(=O)c2Br)c1. The fourth-order valence-corrected chi connectivity index (χ4v) is 3.93. The molecule has 0 aliphatic heterocycles. The number of aromatic nitrogens is 4. The fourth-order valence-electron chi connectivity index (χ4n) is 3.55. The monoisotopic (exact) mass is 504 g/mol. The first kappa shape index (κ1) is 22.9. The average molecular weight is 505 g/mol. The Morgan fingerprint density at radius 1 is 1.03 bits per heavy atom. The molecule has 4 aromatic rings. The van der Waals surface area contributed by atoms with Gasteiger partial charge in [-0.3, -0.25) is 9.36 Å². The number of hydrogen-bond donors (Lipinski definition) is 0. The summed E-state index contributed by atoms with van der Waals surface area (Å²) in [4.78, 5) is 26.8. The van der Waals surface area contributed by atoms with Crippen molar-refractivity contribution in [1.82, 2.24) is 19.5 Å². The maximum atomic E-state index is 13.2. The lowest BCUT2D eigenvalue weighted by atomic mass is 10.1. The van der Waals surface area contributed by atoms with E-state index in [9.17, 15) is 4.79 Å². The van der Waals surface area contributed by atoms with Gasteiger partial charge >= 0.3 is 0 Å². The number of ether oxygens (including phenoxy) is 1. The molecule has 0 spiro atoms. The highest BCUT2D eigenvalue weighted by Gasteiger charge is 2.16. The van der Waals surface area contributed by atoms with Crippen LogP contribution in [0.25, 0.3) is 16.9 Å². The third-order valence-electron chi connectivity index (χ3n) is 5.21. The van der Waals surface area contributed by atoms with Gasteiger partial charge in [0.15, 0.2) is 0 Å². The number of halogens is 1. The van der Waals surface area contributed by atoms with Crippen molar-refractivity contribution in [3.05, 3.63) is 98.4 Å². The van der Waals surface area contributed by atoms with Crippen LogP contribution in [-0.2, 0) is 6.61 Å². The van der Waals surface area contributed by atoms with Gasteiger partial charge in [0.1, 0.15) is 22.7 Å². The Morgan fingerprint density at radius 2 is 1.82 bits per heavy atom.